The van der Waals surface area contributed by atoms with Crippen molar-refractivity contribution in [3.05, 3.63) is 509 Å². The molecule has 20 aromatic carbocycles. The molecular formula is C132H82N16. The fraction of sp³-hybridized carbons (Fsp3) is 0. The van der Waals surface area contributed by atoms with E-state index in [1.165, 1.54) is 76.1 Å². The van der Waals surface area contributed by atoms with E-state index >= 15 is 0 Å². The maximum absolute atomic E-state index is 9.93. The Kier molecular flexibility index (Phi) is 21.3. The molecule has 148 heavy (non-hydrogen) atoms. The van der Waals surface area contributed by atoms with Crippen molar-refractivity contribution in [2.24, 2.45) is 0 Å². The number of nitriles is 2. The van der Waals surface area contributed by atoms with Crippen LogP contribution in [-0.4, -0.2) is 67.3 Å². The predicted octanol–water partition coefficient (Wildman–Crippen LogP) is 31.9. The molecule has 0 saturated heterocycles. The van der Waals surface area contributed by atoms with Gasteiger partial charge in [-0.1, -0.05) is 315 Å². The van der Waals surface area contributed by atoms with Gasteiger partial charge < -0.3 is 27.4 Å². The van der Waals surface area contributed by atoms with Crippen molar-refractivity contribution in [3.63, 3.8) is 0 Å². The van der Waals surface area contributed by atoms with Crippen molar-refractivity contribution < 1.29 is 0 Å². The van der Waals surface area contributed by atoms with Gasteiger partial charge in [-0.2, -0.15) is 10.5 Å². The van der Waals surface area contributed by atoms with Gasteiger partial charge in [-0.05, 0) is 170 Å². The highest BCUT2D eigenvalue weighted by Crippen LogP contribution is 2.46. The Morgan fingerprint density at radius 1 is 0.149 bits per heavy atom. The molecule has 0 saturated carbocycles. The van der Waals surface area contributed by atoms with Crippen LogP contribution in [0.2, 0.25) is 0 Å². The van der Waals surface area contributed by atoms with Gasteiger partial charge in [0.1, 0.15) is 0 Å². The summed E-state index contributed by atoms with van der Waals surface area (Å²) in [4.78, 5) is 39.3. The van der Waals surface area contributed by atoms with Crippen LogP contribution in [-0.2, 0) is 0 Å². The summed E-state index contributed by atoms with van der Waals surface area (Å²) in [6.07, 6.45) is 3.73. The smallest absolute Gasteiger partial charge is 0.164 e. The minimum Gasteiger partial charge on any atom is -0.309 e. The van der Waals surface area contributed by atoms with Crippen LogP contribution in [0.15, 0.2) is 498 Å². The number of hydrogen-bond donors (Lipinski definition) is 0. The highest BCUT2D eigenvalue weighted by molar-refractivity contribution is 6.23. The van der Waals surface area contributed by atoms with Crippen LogP contribution in [0.1, 0.15) is 11.1 Å². The third kappa shape index (κ3) is 15.2. The molecule has 0 fully saturated rings. The average Bonchev–Trinajstić information content (AvgIpc) is 1.53. The molecule has 0 bridgehead atoms. The summed E-state index contributed by atoms with van der Waals surface area (Å²) in [6, 6.07) is 172. The van der Waals surface area contributed by atoms with Crippen molar-refractivity contribution in [1.29, 1.82) is 10.5 Å². The molecule has 0 N–H and O–H groups in total. The third-order valence-electron chi connectivity index (χ3n) is 28.1. The molecule has 0 unspecified atom stereocenters. The molecule has 0 aliphatic rings. The third-order valence-corrected chi connectivity index (χ3v) is 28.1. The van der Waals surface area contributed by atoms with E-state index in [0.29, 0.717) is 46.1 Å². The molecule has 0 spiro atoms. The lowest BCUT2D eigenvalue weighted by molar-refractivity contribution is 1.07. The van der Waals surface area contributed by atoms with Gasteiger partial charge in [0.2, 0.25) is 0 Å². The van der Waals surface area contributed by atoms with E-state index in [1.807, 2.05) is 164 Å². The summed E-state index contributed by atoms with van der Waals surface area (Å²) >= 11 is 0. The zero-order valence-corrected chi connectivity index (χ0v) is 79.5. The monoisotopic (exact) mass is 1890 g/mol. The summed E-state index contributed by atoms with van der Waals surface area (Å²) in [5, 5.41) is 33.8. The van der Waals surface area contributed by atoms with E-state index < -0.39 is 0 Å². The van der Waals surface area contributed by atoms with E-state index in [4.69, 9.17) is 39.9 Å². The standard InChI is InChI=1S/2C46H28N6.C40H26N4/c47-29-30-23-24-41-37(25-30)39-27-38-36-21-10-11-22-40(36)51(34-18-8-3-9-19-34)42(38)28-43(39)52(41)35-20-12-17-33(26-35)46-49-44(31-13-4-1-5-14-31)48-45(50-46)32-15-6-2-7-16-32;47-29-30-13-11-16-32(25-30)45-48-44(31-14-3-1-4-15-31)49-46(50-45)33-17-12-20-35(26-33)52-41-24-10-8-22-37(41)39-27-38-36-21-7-9-23-40(36)51(42(38)28-43(39)52)34-18-5-2-6-19-34;1-3-12-27(13-4-1)35-25-42-36(26-41-35)28-14-11-17-30(22-28)44-38-21-10-8-19-32(38)34-23-33-31-18-7-9-20-37(31)43(39(33)24-40(34)44)29-15-5-2-6-16-29/h2*1-28H;1-26H. The fourth-order valence-corrected chi connectivity index (χ4v) is 21.4. The van der Waals surface area contributed by atoms with Crippen molar-refractivity contribution in [2.75, 3.05) is 0 Å². The lowest BCUT2D eigenvalue weighted by Gasteiger charge is -2.12. The molecule has 0 amide bonds. The Morgan fingerprint density at radius 3 is 0.696 bits per heavy atom. The highest BCUT2D eigenvalue weighted by atomic mass is 15.1. The van der Waals surface area contributed by atoms with Gasteiger partial charge in [-0.3, -0.25) is 9.97 Å². The van der Waals surface area contributed by atoms with Crippen LogP contribution in [0.4, 0.5) is 0 Å². The van der Waals surface area contributed by atoms with Crippen LogP contribution in [0, 0.1) is 22.7 Å². The molecule has 29 rings (SSSR count). The number of rotatable bonds is 14. The van der Waals surface area contributed by atoms with Crippen molar-refractivity contribution in [3.8, 4) is 137 Å². The maximum Gasteiger partial charge on any atom is 0.164 e. The Balaban J connectivity index is 0.000000110. The van der Waals surface area contributed by atoms with Crippen LogP contribution >= 0.6 is 0 Å². The number of para-hydroxylation sites is 8. The second kappa shape index (κ2) is 36.4. The number of fused-ring (bicyclic) bond motifs is 18. The Labute approximate surface area is 848 Å². The second-order valence-electron chi connectivity index (χ2n) is 36.8. The molecule has 690 valence electrons. The first-order chi connectivity index (χ1) is 73.3. The van der Waals surface area contributed by atoms with Gasteiger partial charge in [0.25, 0.3) is 0 Å². The minimum absolute atomic E-state index is 0.513. The Bertz CT molecular complexity index is 10300. The first kappa shape index (κ1) is 86.4. The molecular weight excluding hydrogens is 1810 g/mol. The molecule has 16 heteroatoms. The van der Waals surface area contributed by atoms with Crippen LogP contribution < -0.4 is 0 Å². The quantitative estimate of drug-likeness (QED) is 0.102. The van der Waals surface area contributed by atoms with Gasteiger partial charge in [0, 0.05) is 143 Å². The summed E-state index contributed by atoms with van der Waals surface area (Å²) < 4.78 is 14.1. The van der Waals surface area contributed by atoms with Gasteiger partial charge in [-0.25, -0.2) is 29.9 Å². The lowest BCUT2D eigenvalue weighted by atomic mass is 10.1. The van der Waals surface area contributed by atoms with E-state index in [1.54, 1.807) is 6.07 Å². The van der Waals surface area contributed by atoms with Crippen LogP contribution in [0.25, 0.3) is 256 Å². The Hall–Kier alpha value is -20.7. The Morgan fingerprint density at radius 2 is 0.372 bits per heavy atom. The number of benzene rings is 20. The summed E-state index contributed by atoms with van der Waals surface area (Å²) in [5.74, 6) is 3.47. The summed E-state index contributed by atoms with van der Waals surface area (Å²) in [6.45, 7) is 0. The van der Waals surface area contributed by atoms with Gasteiger partial charge in [0.05, 0.1) is 113 Å². The first-order valence-electron chi connectivity index (χ1n) is 49.2. The molecule has 16 nitrogen and oxygen atoms in total. The molecule has 0 radical (unpaired) electrons. The first-order valence-corrected chi connectivity index (χ1v) is 49.2. The van der Waals surface area contributed by atoms with Crippen LogP contribution in [0.3, 0.4) is 0 Å². The van der Waals surface area contributed by atoms with Gasteiger partial charge >= 0.3 is 0 Å². The molecule has 29 aromatic rings. The summed E-state index contributed by atoms with van der Waals surface area (Å²) in [7, 11) is 0. The fourth-order valence-electron chi connectivity index (χ4n) is 21.4. The van der Waals surface area contributed by atoms with E-state index in [9.17, 15) is 10.5 Å². The topological polar surface area (TPSA) is 180 Å². The predicted molar refractivity (Wildman–Crippen MR) is 601 cm³/mol. The molecule has 0 atom stereocenters. The van der Waals surface area contributed by atoms with Crippen molar-refractivity contribution >= 4 is 131 Å². The zero-order chi connectivity index (χ0) is 98.2. The largest absolute Gasteiger partial charge is 0.309 e. The zero-order valence-electron chi connectivity index (χ0n) is 79.5. The highest BCUT2D eigenvalue weighted by Gasteiger charge is 2.26. The normalized spacial score (nSPS) is 11.5. The van der Waals surface area contributed by atoms with Crippen molar-refractivity contribution in [2.45, 2.75) is 0 Å². The lowest BCUT2D eigenvalue weighted by Crippen LogP contribution is -2.01. The molecule has 0 aliphatic carbocycles. The number of hydrogen-bond acceptors (Lipinski definition) is 10. The summed E-state index contributed by atoms with van der Waals surface area (Å²) in [5.41, 5.74) is 30.2. The van der Waals surface area contributed by atoms with E-state index in [-0.39, 0.29) is 0 Å². The van der Waals surface area contributed by atoms with Gasteiger partial charge in [-0.15, -0.1) is 0 Å². The molecule has 9 heterocycles. The average molecular weight is 1890 g/mol. The molecule has 0 aliphatic heterocycles. The minimum atomic E-state index is 0.513. The second-order valence-corrected chi connectivity index (χ2v) is 36.8. The SMILES string of the molecule is N#Cc1ccc2c(c1)c1cc3c4ccccc4n(-c4ccccc4)c3cc1n2-c1cccc(-c2nc(-c3ccccc3)nc(-c3ccccc3)n2)c1.N#Cc1cccc(-c2nc(-c3ccccc3)nc(-c3cccc(-n4c5ccccc5c5cc6c7ccccc7n(-c7ccccc7)c6cc54)c3)n2)c1.c1ccc(-c2cnc(-c3cccc(-n4c5ccccc5c5cc6c7ccccc7n(-c7ccccc7)c6cc54)c3)cn2)cc1. The number of nitrogens with zero attached hydrogens (tertiary/aromatic N) is 16. The van der Waals surface area contributed by atoms with E-state index in [0.717, 1.165) is 145 Å². The van der Waals surface area contributed by atoms with E-state index in [2.05, 4.69) is 367 Å². The number of aromatic nitrogens is 14. The van der Waals surface area contributed by atoms with Crippen LogP contribution in [0.5, 0.6) is 0 Å². The van der Waals surface area contributed by atoms with Gasteiger partial charge in [0.15, 0.2) is 34.9 Å². The van der Waals surface area contributed by atoms with Crippen molar-refractivity contribution in [1.82, 2.24) is 67.3 Å². The molecule has 9 aromatic heterocycles. The maximum atomic E-state index is 9.93.